The van der Waals surface area contributed by atoms with Crippen LogP contribution in [0.25, 0.3) is 0 Å². The molecule has 1 heterocycles. The molecule has 10 heteroatoms. The van der Waals surface area contributed by atoms with Gasteiger partial charge in [0.1, 0.15) is 6.04 Å². The van der Waals surface area contributed by atoms with E-state index in [1.807, 2.05) is 6.92 Å². The first kappa shape index (κ1) is 25.2. The van der Waals surface area contributed by atoms with Crippen LogP contribution in [0.5, 0.6) is 0 Å². The zero-order valence-corrected chi connectivity index (χ0v) is 20.2. The number of amides is 2. The molecule has 2 aromatic carbocycles. The van der Waals surface area contributed by atoms with E-state index in [9.17, 15) is 31.2 Å². The molecule has 1 N–H and O–H groups in total. The molecule has 35 heavy (non-hydrogen) atoms. The van der Waals surface area contributed by atoms with Gasteiger partial charge in [0, 0.05) is 18.4 Å². The largest absolute Gasteiger partial charge is 0.416 e. The molecule has 0 unspecified atom stereocenters. The van der Waals surface area contributed by atoms with Crippen LogP contribution in [0.3, 0.4) is 0 Å². The predicted molar refractivity (Wildman–Crippen MR) is 123 cm³/mol. The molecule has 0 radical (unpaired) electrons. The van der Waals surface area contributed by atoms with Crippen molar-refractivity contribution in [1.82, 2.24) is 10.2 Å². The van der Waals surface area contributed by atoms with E-state index in [2.05, 4.69) is 5.32 Å². The van der Waals surface area contributed by atoms with Crippen LogP contribution in [0.2, 0.25) is 0 Å². The number of alkyl halides is 3. The Morgan fingerprint density at radius 2 is 1.74 bits per heavy atom. The average Bonchev–Trinajstić information content (AvgIpc) is 3.56. The van der Waals surface area contributed by atoms with Crippen LogP contribution < -0.4 is 5.32 Å². The maximum atomic E-state index is 13.3. The number of hydrogen-bond acceptors (Lipinski definition) is 4. The maximum Gasteiger partial charge on any atom is 0.416 e. The second-order valence-corrected chi connectivity index (χ2v) is 11.6. The molecule has 0 aromatic heterocycles. The molecule has 1 saturated heterocycles. The van der Waals surface area contributed by atoms with Crippen LogP contribution >= 0.6 is 0 Å². The lowest BCUT2D eigenvalue weighted by molar-refractivity contribution is -0.137. The third-order valence-corrected chi connectivity index (χ3v) is 7.68. The van der Waals surface area contributed by atoms with Gasteiger partial charge >= 0.3 is 6.18 Å². The summed E-state index contributed by atoms with van der Waals surface area (Å²) >= 11 is 0. The van der Waals surface area contributed by atoms with E-state index >= 15 is 0 Å². The van der Waals surface area contributed by atoms with Gasteiger partial charge in [0.25, 0.3) is 5.91 Å². The number of nitrogens with zero attached hydrogens (tertiary/aromatic N) is 1. The monoisotopic (exact) mass is 508 g/mol. The number of nitrogens with one attached hydrogen (secondary N) is 1. The smallest absolute Gasteiger partial charge is 0.347 e. The number of sulfone groups is 1. The summed E-state index contributed by atoms with van der Waals surface area (Å²) in [6.07, 6.45) is -1.23. The molecule has 1 aliphatic carbocycles. The molecule has 188 valence electrons. The fraction of sp³-hybridized carbons (Fsp3) is 0.440. The second-order valence-electron chi connectivity index (χ2n) is 9.56. The molecule has 1 aliphatic heterocycles. The highest BCUT2D eigenvalue weighted by Crippen LogP contribution is 2.42. The first-order valence-corrected chi connectivity index (χ1v) is 13.3. The minimum Gasteiger partial charge on any atom is -0.347 e. The van der Waals surface area contributed by atoms with Crippen molar-refractivity contribution in [3.05, 3.63) is 65.2 Å². The maximum absolute atomic E-state index is 13.3. The lowest BCUT2D eigenvalue weighted by atomic mass is 9.99. The minimum absolute atomic E-state index is 0.0210. The summed E-state index contributed by atoms with van der Waals surface area (Å²) in [5, 5.41) is 2.98. The molecule has 4 rings (SSSR count). The van der Waals surface area contributed by atoms with Gasteiger partial charge in [-0.25, -0.2) is 8.42 Å². The Kier molecular flexibility index (Phi) is 6.70. The third-order valence-electron chi connectivity index (χ3n) is 6.57. The lowest BCUT2D eigenvalue weighted by Crippen LogP contribution is -2.47. The Labute approximate surface area is 202 Å². The zero-order valence-electron chi connectivity index (χ0n) is 19.4. The van der Waals surface area contributed by atoms with Crippen LogP contribution in [0, 0.1) is 11.8 Å². The van der Waals surface area contributed by atoms with Crippen LogP contribution in [0.1, 0.15) is 53.7 Å². The first-order chi connectivity index (χ1) is 16.3. The number of hydrogen-bond donors (Lipinski definition) is 1. The Bertz CT molecular complexity index is 1220. The molecular weight excluding hydrogens is 481 g/mol. The van der Waals surface area contributed by atoms with Crippen LogP contribution in [0.4, 0.5) is 13.2 Å². The van der Waals surface area contributed by atoms with Gasteiger partial charge in [-0.1, -0.05) is 25.1 Å². The number of likely N-dealkylation sites (tertiary alicyclic amines) is 1. The highest BCUT2D eigenvalue weighted by Gasteiger charge is 2.41. The van der Waals surface area contributed by atoms with E-state index in [0.717, 1.165) is 31.2 Å². The molecule has 0 spiro atoms. The van der Waals surface area contributed by atoms with Crippen molar-refractivity contribution in [3.63, 3.8) is 0 Å². The van der Waals surface area contributed by atoms with Crippen molar-refractivity contribution in [2.24, 2.45) is 11.8 Å². The standard InChI is InChI=1S/C25H27F3N2O4S/c1-15-12-21(30(14-15)24(32)18-4-3-5-20(13-18)35(2,33)34)23(31)29-22(16-6-7-16)17-8-10-19(11-9-17)25(26,27)28/h3-5,8-11,13,15-16,21-22H,6-7,12,14H2,1-2H3,(H,29,31)/t15-,21-,22-/m1/s1. The summed E-state index contributed by atoms with van der Waals surface area (Å²) in [6.45, 7) is 2.27. The predicted octanol–water partition coefficient (Wildman–Crippen LogP) is 4.23. The fourth-order valence-electron chi connectivity index (χ4n) is 4.58. The first-order valence-electron chi connectivity index (χ1n) is 11.4. The van der Waals surface area contributed by atoms with E-state index in [0.29, 0.717) is 18.5 Å². The van der Waals surface area contributed by atoms with Crippen molar-refractivity contribution < 1.29 is 31.2 Å². The Morgan fingerprint density at radius 3 is 2.31 bits per heavy atom. The third kappa shape index (κ3) is 5.69. The molecule has 6 nitrogen and oxygen atoms in total. The Balaban J connectivity index is 1.54. The summed E-state index contributed by atoms with van der Waals surface area (Å²) in [7, 11) is -3.50. The average molecular weight is 509 g/mol. The lowest BCUT2D eigenvalue weighted by Gasteiger charge is -2.27. The van der Waals surface area contributed by atoms with Gasteiger partial charge < -0.3 is 10.2 Å². The molecule has 2 fully saturated rings. The number of carbonyl (C=O) groups is 2. The summed E-state index contributed by atoms with van der Waals surface area (Å²) in [5.41, 5.74) is 0.0276. The highest BCUT2D eigenvalue weighted by atomic mass is 32.2. The van der Waals surface area contributed by atoms with Gasteiger partial charge in [-0.15, -0.1) is 0 Å². The molecule has 2 aromatic rings. The number of halogens is 3. The number of benzene rings is 2. The van der Waals surface area contributed by atoms with Crippen molar-refractivity contribution in [2.75, 3.05) is 12.8 Å². The summed E-state index contributed by atoms with van der Waals surface area (Å²) in [4.78, 5) is 28.1. The second kappa shape index (κ2) is 9.29. The Morgan fingerprint density at radius 1 is 1.09 bits per heavy atom. The minimum atomic E-state index is -4.44. The fourth-order valence-corrected chi connectivity index (χ4v) is 5.24. The molecule has 1 saturated carbocycles. The van der Waals surface area contributed by atoms with Gasteiger partial charge in [-0.2, -0.15) is 13.2 Å². The van der Waals surface area contributed by atoms with Crippen molar-refractivity contribution in [2.45, 2.75) is 49.3 Å². The van der Waals surface area contributed by atoms with Gasteiger partial charge in [0.2, 0.25) is 5.91 Å². The number of carbonyl (C=O) groups excluding carboxylic acids is 2. The summed E-state index contributed by atoms with van der Waals surface area (Å²) in [5.74, 6) is -0.611. The van der Waals surface area contributed by atoms with E-state index in [-0.39, 0.29) is 28.2 Å². The molecular formula is C25H27F3N2O4S. The van der Waals surface area contributed by atoms with E-state index in [1.54, 1.807) is 0 Å². The van der Waals surface area contributed by atoms with Gasteiger partial charge in [0.15, 0.2) is 9.84 Å². The van der Waals surface area contributed by atoms with E-state index < -0.39 is 39.6 Å². The van der Waals surface area contributed by atoms with Crippen LogP contribution in [-0.2, 0) is 20.8 Å². The van der Waals surface area contributed by atoms with Crippen LogP contribution in [0.15, 0.2) is 53.4 Å². The zero-order chi connectivity index (χ0) is 25.5. The molecule has 2 amide bonds. The van der Waals surface area contributed by atoms with E-state index in [4.69, 9.17) is 0 Å². The Hall–Kier alpha value is -2.88. The normalized spacial score (nSPS) is 21.6. The quantitative estimate of drug-likeness (QED) is 0.633. The summed E-state index contributed by atoms with van der Waals surface area (Å²) in [6, 6.07) is 9.35. The molecule has 0 bridgehead atoms. The topological polar surface area (TPSA) is 83.6 Å². The van der Waals surface area contributed by atoms with Crippen molar-refractivity contribution in [3.8, 4) is 0 Å². The van der Waals surface area contributed by atoms with E-state index in [1.165, 1.54) is 41.3 Å². The van der Waals surface area contributed by atoms with Crippen molar-refractivity contribution >= 4 is 21.7 Å². The van der Waals surface area contributed by atoms with Crippen molar-refractivity contribution in [1.29, 1.82) is 0 Å². The molecule has 3 atom stereocenters. The molecule has 2 aliphatic rings. The van der Waals surface area contributed by atoms with Crippen LogP contribution in [-0.4, -0.2) is 44.0 Å². The van der Waals surface area contributed by atoms with Gasteiger partial charge in [0.05, 0.1) is 16.5 Å². The SMILES string of the molecule is C[C@@H]1C[C@H](C(=O)N[C@@H](c2ccc(C(F)(F)F)cc2)C2CC2)N(C(=O)c2cccc(S(C)(=O)=O)c2)C1. The number of rotatable bonds is 6. The highest BCUT2D eigenvalue weighted by molar-refractivity contribution is 7.90. The van der Waals surface area contributed by atoms with Gasteiger partial charge in [-0.05, 0) is 67.0 Å². The summed E-state index contributed by atoms with van der Waals surface area (Å²) < 4.78 is 62.7. The van der Waals surface area contributed by atoms with Gasteiger partial charge in [-0.3, -0.25) is 9.59 Å².